The zero-order valence-corrected chi connectivity index (χ0v) is 10.2. The molecule has 1 rings (SSSR count). The molecule has 1 heterocycles. The summed E-state index contributed by atoms with van der Waals surface area (Å²) in [4.78, 5) is 11.8. The quantitative estimate of drug-likeness (QED) is 0.772. The SMILES string of the molecule is CCn1nc(C)cc1C(=O)NCCC(C)N. The van der Waals surface area contributed by atoms with Gasteiger partial charge >= 0.3 is 0 Å². The van der Waals surface area contributed by atoms with Gasteiger partial charge in [0.15, 0.2) is 0 Å². The van der Waals surface area contributed by atoms with E-state index in [4.69, 9.17) is 5.73 Å². The predicted octanol–water partition coefficient (Wildman–Crippen LogP) is 0.679. The van der Waals surface area contributed by atoms with E-state index >= 15 is 0 Å². The van der Waals surface area contributed by atoms with Crippen LogP contribution in [-0.4, -0.2) is 28.3 Å². The number of hydrogen-bond acceptors (Lipinski definition) is 3. The van der Waals surface area contributed by atoms with Gasteiger partial charge in [0.05, 0.1) is 5.69 Å². The molecule has 0 fully saturated rings. The third kappa shape index (κ3) is 3.34. The molecule has 0 saturated carbocycles. The Hall–Kier alpha value is -1.36. The number of nitrogens with one attached hydrogen (secondary N) is 1. The summed E-state index contributed by atoms with van der Waals surface area (Å²) in [6.45, 7) is 7.07. The lowest BCUT2D eigenvalue weighted by atomic mass is 10.2. The molecule has 0 aliphatic rings. The van der Waals surface area contributed by atoms with E-state index in [0.29, 0.717) is 18.8 Å². The number of rotatable bonds is 5. The fraction of sp³-hybridized carbons (Fsp3) is 0.636. The summed E-state index contributed by atoms with van der Waals surface area (Å²) in [7, 11) is 0. The van der Waals surface area contributed by atoms with Crippen LogP contribution in [0, 0.1) is 6.92 Å². The minimum Gasteiger partial charge on any atom is -0.351 e. The van der Waals surface area contributed by atoms with Gasteiger partial charge in [-0.3, -0.25) is 9.48 Å². The van der Waals surface area contributed by atoms with Crippen molar-refractivity contribution in [3.05, 3.63) is 17.5 Å². The van der Waals surface area contributed by atoms with Crippen LogP contribution in [0.2, 0.25) is 0 Å². The average Bonchev–Trinajstić information content (AvgIpc) is 2.59. The molecule has 3 N–H and O–H groups in total. The Labute approximate surface area is 96.0 Å². The molecule has 0 aromatic carbocycles. The Bertz CT molecular complexity index is 357. The van der Waals surface area contributed by atoms with Crippen LogP contribution in [0.4, 0.5) is 0 Å². The Morgan fingerprint density at radius 2 is 2.38 bits per heavy atom. The zero-order chi connectivity index (χ0) is 12.1. The molecule has 0 bridgehead atoms. The fourth-order valence-electron chi connectivity index (χ4n) is 1.47. The Balaban J connectivity index is 2.58. The van der Waals surface area contributed by atoms with Gasteiger partial charge in [0, 0.05) is 19.1 Å². The van der Waals surface area contributed by atoms with Crippen molar-refractivity contribution in [1.29, 1.82) is 0 Å². The molecule has 5 heteroatoms. The van der Waals surface area contributed by atoms with E-state index in [0.717, 1.165) is 12.1 Å². The summed E-state index contributed by atoms with van der Waals surface area (Å²) in [5.41, 5.74) is 7.08. The van der Waals surface area contributed by atoms with Gasteiger partial charge in [0.2, 0.25) is 0 Å². The highest BCUT2D eigenvalue weighted by molar-refractivity contribution is 5.92. The standard InChI is InChI=1S/C11H20N4O/c1-4-15-10(7-9(3)14-15)11(16)13-6-5-8(2)12/h7-8H,4-6,12H2,1-3H3,(H,13,16). The van der Waals surface area contributed by atoms with Crippen molar-refractivity contribution in [3.8, 4) is 0 Å². The number of carbonyl (C=O) groups is 1. The van der Waals surface area contributed by atoms with E-state index in [2.05, 4.69) is 10.4 Å². The molecule has 1 aromatic rings. The molecule has 0 spiro atoms. The Morgan fingerprint density at radius 3 is 2.94 bits per heavy atom. The number of carbonyl (C=O) groups excluding carboxylic acids is 1. The van der Waals surface area contributed by atoms with Crippen LogP contribution in [-0.2, 0) is 6.54 Å². The first-order valence-corrected chi connectivity index (χ1v) is 5.62. The third-order valence-corrected chi connectivity index (χ3v) is 2.32. The first-order valence-electron chi connectivity index (χ1n) is 5.62. The fourth-order valence-corrected chi connectivity index (χ4v) is 1.47. The van der Waals surface area contributed by atoms with Crippen LogP contribution >= 0.6 is 0 Å². The molecule has 1 amide bonds. The molecule has 1 atom stereocenters. The van der Waals surface area contributed by atoms with Gasteiger partial charge in [-0.15, -0.1) is 0 Å². The molecular weight excluding hydrogens is 204 g/mol. The van der Waals surface area contributed by atoms with Crippen LogP contribution in [0.25, 0.3) is 0 Å². The van der Waals surface area contributed by atoms with Gasteiger partial charge in [-0.1, -0.05) is 0 Å². The molecule has 90 valence electrons. The van der Waals surface area contributed by atoms with Gasteiger partial charge in [-0.05, 0) is 33.3 Å². The maximum atomic E-state index is 11.8. The molecule has 0 aliphatic heterocycles. The first-order chi connectivity index (χ1) is 7.54. The van der Waals surface area contributed by atoms with Crippen molar-refractivity contribution < 1.29 is 4.79 Å². The molecule has 1 unspecified atom stereocenters. The first kappa shape index (κ1) is 12.7. The predicted molar refractivity (Wildman–Crippen MR) is 63.2 cm³/mol. The van der Waals surface area contributed by atoms with E-state index in [9.17, 15) is 4.79 Å². The minimum atomic E-state index is -0.0805. The van der Waals surface area contributed by atoms with Crippen LogP contribution in [0.15, 0.2) is 6.07 Å². The maximum absolute atomic E-state index is 11.8. The van der Waals surface area contributed by atoms with E-state index < -0.39 is 0 Å². The Kier molecular flexibility index (Phi) is 4.49. The Morgan fingerprint density at radius 1 is 1.69 bits per heavy atom. The van der Waals surface area contributed by atoms with E-state index in [1.54, 1.807) is 10.7 Å². The molecule has 16 heavy (non-hydrogen) atoms. The van der Waals surface area contributed by atoms with Crippen LogP contribution in [0.3, 0.4) is 0 Å². The van der Waals surface area contributed by atoms with Gasteiger partial charge in [0.1, 0.15) is 5.69 Å². The highest BCUT2D eigenvalue weighted by Crippen LogP contribution is 2.03. The van der Waals surface area contributed by atoms with Crippen molar-refractivity contribution in [2.45, 2.75) is 39.8 Å². The second-order valence-electron chi connectivity index (χ2n) is 4.01. The second kappa shape index (κ2) is 5.65. The monoisotopic (exact) mass is 224 g/mol. The van der Waals surface area contributed by atoms with Crippen LogP contribution in [0.5, 0.6) is 0 Å². The number of aromatic nitrogens is 2. The molecule has 0 radical (unpaired) electrons. The lowest BCUT2D eigenvalue weighted by Gasteiger charge is -2.08. The lowest BCUT2D eigenvalue weighted by molar-refractivity contribution is 0.0942. The number of aryl methyl sites for hydroxylation is 2. The zero-order valence-electron chi connectivity index (χ0n) is 10.2. The molecule has 0 aliphatic carbocycles. The van der Waals surface area contributed by atoms with Gasteiger partial charge in [-0.25, -0.2) is 0 Å². The van der Waals surface area contributed by atoms with Gasteiger partial charge in [-0.2, -0.15) is 5.10 Å². The topological polar surface area (TPSA) is 72.9 Å². The van der Waals surface area contributed by atoms with Gasteiger partial charge < -0.3 is 11.1 Å². The molecule has 1 aromatic heterocycles. The van der Waals surface area contributed by atoms with E-state index in [1.807, 2.05) is 20.8 Å². The number of hydrogen-bond donors (Lipinski definition) is 2. The highest BCUT2D eigenvalue weighted by Gasteiger charge is 2.12. The summed E-state index contributed by atoms with van der Waals surface area (Å²) in [6.07, 6.45) is 0.783. The highest BCUT2D eigenvalue weighted by atomic mass is 16.2. The molecular formula is C11H20N4O. The molecule has 0 saturated heterocycles. The summed E-state index contributed by atoms with van der Waals surface area (Å²) >= 11 is 0. The lowest BCUT2D eigenvalue weighted by Crippen LogP contribution is -2.30. The van der Waals surface area contributed by atoms with Crippen molar-refractivity contribution in [3.63, 3.8) is 0 Å². The summed E-state index contributed by atoms with van der Waals surface area (Å²) in [5, 5.41) is 7.06. The third-order valence-electron chi connectivity index (χ3n) is 2.32. The van der Waals surface area contributed by atoms with Crippen LogP contribution < -0.4 is 11.1 Å². The summed E-state index contributed by atoms with van der Waals surface area (Å²) in [5.74, 6) is -0.0805. The minimum absolute atomic E-state index is 0.0805. The largest absolute Gasteiger partial charge is 0.351 e. The van der Waals surface area contributed by atoms with Crippen molar-refractivity contribution in [2.75, 3.05) is 6.54 Å². The van der Waals surface area contributed by atoms with Crippen molar-refractivity contribution in [1.82, 2.24) is 15.1 Å². The van der Waals surface area contributed by atoms with E-state index in [-0.39, 0.29) is 11.9 Å². The normalized spacial score (nSPS) is 12.5. The van der Waals surface area contributed by atoms with Crippen LogP contribution in [0.1, 0.15) is 36.5 Å². The number of nitrogens with zero attached hydrogens (tertiary/aromatic N) is 2. The molecule has 5 nitrogen and oxygen atoms in total. The number of nitrogens with two attached hydrogens (primary N) is 1. The maximum Gasteiger partial charge on any atom is 0.269 e. The number of amides is 1. The average molecular weight is 224 g/mol. The van der Waals surface area contributed by atoms with Gasteiger partial charge in [0.25, 0.3) is 5.91 Å². The van der Waals surface area contributed by atoms with Crippen molar-refractivity contribution in [2.24, 2.45) is 5.73 Å². The second-order valence-corrected chi connectivity index (χ2v) is 4.01. The summed E-state index contributed by atoms with van der Waals surface area (Å²) in [6, 6.07) is 1.91. The summed E-state index contributed by atoms with van der Waals surface area (Å²) < 4.78 is 1.70. The van der Waals surface area contributed by atoms with Crippen molar-refractivity contribution >= 4 is 5.91 Å². The van der Waals surface area contributed by atoms with E-state index in [1.165, 1.54) is 0 Å². The smallest absolute Gasteiger partial charge is 0.269 e.